The fourth-order valence-electron chi connectivity index (χ4n) is 4.24. The molecule has 0 aromatic heterocycles. The zero-order chi connectivity index (χ0) is 17.2. The number of hydrogen-bond acceptors (Lipinski definition) is 6. The maximum Gasteiger partial charge on any atom is 0.176 e. The molecule has 2 bridgehead atoms. The first kappa shape index (κ1) is 17.2. The van der Waals surface area contributed by atoms with Gasteiger partial charge in [0.05, 0.1) is 31.9 Å². The monoisotopic (exact) mass is 348 g/mol. The van der Waals surface area contributed by atoms with E-state index in [1.54, 1.807) is 7.11 Å². The van der Waals surface area contributed by atoms with Gasteiger partial charge in [0.25, 0.3) is 0 Å². The Morgan fingerprint density at radius 2 is 1.96 bits per heavy atom. The number of nitrogens with zero attached hydrogens (tertiary/aromatic N) is 1. The van der Waals surface area contributed by atoms with Crippen LogP contribution in [-0.2, 0) is 16.0 Å². The van der Waals surface area contributed by atoms with Crippen LogP contribution in [0, 0.1) is 0 Å². The minimum absolute atomic E-state index is 0.0765. The van der Waals surface area contributed by atoms with Crippen molar-refractivity contribution in [2.75, 3.05) is 26.8 Å². The molecule has 1 aromatic rings. The third-order valence-corrected chi connectivity index (χ3v) is 5.64. The molecule has 0 unspecified atom stereocenters. The maximum atomic E-state index is 11.0. The van der Waals surface area contributed by atoms with E-state index in [4.69, 9.17) is 14.2 Å². The van der Waals surface area contributed by atoms with Crippen LogP contribution in [0.15, 0.2) is 24.3 Å². The molecule has 0 saturated carbocycles. The predicted molar refractivity (Wildman–Crippen MR) is 93.5 cm³/mol. The molecule has 1 aromatic carbocycles. The molecule has 25 heavy (non-hydrogen) atoms. The van der Waals surface area contributed by atoms with Crippen LogP contribution in [-0.4, -0.2) is 67.4 Å². The summed E-state index contributed by atoms with van der Waals surface area (Å²) in [6.45, 7) is 3.26. The third kappa shape index (κ3) is 3.55. The average molecular weight is 348 g/mol. The van der Waals surface area contributed by atoms with Crippen LogP contribution in [0.25, 0.3) is 0 Å². The predicted octanol–water partition coefficient (Wildman–Crippen LogP) is 1.12. The molecule has 0 amide bonds. The Morgan fingerprint density at radius 1 is 1.20 bits per heavy atom. The quantitative estimate of drug-likeness (QED) is 0.832. The number of ether oxygens (including phenoxy) is 3. The number of likely N-dealkylation sites (tertiary alicyclic amines) is 1. The lowest BCUT2D eigenvalue weighted by atomic mass is 9.93. The fraction of sp³-hybridized carbons (Fsp3) is 0.684. The smallest absolute Gasteiger partial charge is 0.176 e. The third-order valence-electron chi connectivity index (χ3n) is 5.64. The molecule has 3 aliphatic heterocycles. The van der Waals surface area contributed by atoms with Gasteiger partial charge in [0, 0.05) is 6.54 Å². The number of aliphatic hydroxyl groups is 1. The number of aliphatic hydroxyl groups excluding tert-OH is 1. The average Bonchev–Trinajstić information content (AvgIpc) is 3.08. The number of benzene rings is 1. The van der Waals surface area contributed by atoms with E-state index in [0.29, 0.717) is 13.2 Å². The standard InChI is InChI=1S/C19H28N2O4/c1-23-14-7-5-13(6-8-14)11-20-16-15-12-24-19(25-15)17(18(16)22)21-9-3-2-4-10-21/h5-8,15-20,22H,2-4,9-12H2,1H3/t15-,16-,17-,18+,19-/m1/s1. The molecule has 3 aliphatic rings. The van der Waals surface area contributed by atoms with E-state index in [1.807, 2.05) is 24.3 Å². The van der Waals surface area contributed by atoms with Gasteiger partial charge in [-0.2, -0.15) is 0 Å². The molecule has 3 fully saturated rings. The van der Waals surface area contributed by atoms with E-state index in [1.165, 1.54) is 19.3 Å². The maximum absolute atomic E-state index is 11.0. The molecule has 4 rings (SSSR count). The Kier molecular flexibility index (Phi) is 5.24. The molecular formula is C19H28N2O4. The minimum atomic E-state index is -0.484. The van der Waals surface area contributed by atoms with Gasteiger partial charge in [0.15, 0.2) is 6.29 Å². The van der Waals surface area contributed by atoms with Crippen molar-refractivity contribution in [3.8, 4) is 5.75 Å². The van der Waals surface area contributed by atoms with E-state index in [9.17, 15) is 5.11 Å². The van der Waals surface area contributed by atoms with Crippen molar-refractivity contribution < 1.29 is 19.3 Å². The molecular weight excluding hydrogens is 320 g/mol. The largest absolute Gasteiger partial charge is 0.497 e. The number of fused-ring (bicyclic) bond motifs is 2. The first-order valence-corrected chi connectivity index (χ1v) is 9.32. The number of rotatable bonds is 5. The van der Waals surface area contributed by atoms with E-state index in [2.05, 4.69) is 10.2 Å². The van der Waals surface area contributed by atoms with Gasteiger partial charge in [-0.15, -0.1) is 0 Å². The van der Waals surface area contributed by atoms with E-state index in [0.717, 1.165) is 24.4 Å². The summed E-state index contributed by atoms with van der Waals surface area (Å²) in [5.74, 6) is 0.849. The number of piperidine rings is 1. The van der Waals surface area contributed by atoms with Crippen molar-refractivity contribution in [2.24, 2.45) is 0 Å². The van der Waals surface area contributed by atoms with Gasteiger partial charge in [-0.05, 0) is 43.6 Å². The van der Waals surface area contributed by atoms with E-state index < -0.39 is 6.10 Å². The van der Waals surface area contributed by atoms with Gasteiger partial charge in [-0.3, -0.25) is 4.90 Å². The van der Waals surface area contributed by atoms with Crippen molar-refractivity contribution in [1.29, 1.82) is 0 Å². The van der Waals surface area contributed by atoms with Crippen molar-refractivity contribution in [3.63, 3.8) is 0 Å². The highest BCUT2D eigenvalue weighted by atomic mass is 16.7. The first-order chi connectivity index (χ1) is 12.3. The number of hydrogen-bond donors (Lipinski definition) is 2. The van der Waals surface area contributed by atoms with Crippen LogP contribution >= 0.6 is 0 Å². The molecule has 6 heteroatoms. The zero-order valence-electron chi connectivity index (χ0n) is 14.8. The summed E-state index contributed by atoms with van der Waals surface area (Å²) in [6, 6.07) is 7.79. The lowest BCUT2D eigenvalue weighted by Crippen LogP contribution is -2.64. The lowest BCUT2D eigenvalue weighted by molar-refractivity contribution is -0.184. The summed E-state index contributed by atoms with van der Waals surface area (Å²) in [7, 11) is 1.67. The molecule has 0 spiro atoms. The Balaban J connectivity index is 1.42. The highest BCUT2D eigenvalue weighted by Gasteiger charge is 2.51. The normalized spacial score (nSPS) is 35.7. The van der Waals surface area contributed by atoms with Crippen LogP contribution in [0.1, 0.15) is 24.8 Å². The van der Waals surface area contributed by atoms with Gasteiger partial charge >= 0.3 is 0 Å². The topological polar surface area (TPSA) is 63.2 Å². The van der Waals surface area contributed by atoms with Crippen LogP contribution < -0.4 is 10.1 Å². The van der Waals surface area contributed by atoms with Crippen molar-refractivity contribution in [2.45, 2.75) is 56.4 Å². The summed E-state index contributed by atoms with van der Waals surface area (Å²) < 4.78 is 17.1. The molecule has 138 valence electrons. The SMILES string of the molecule is COc1ccc(CN[C@H]2[C@H](O)[C@@H](N3CCCCC3)[C@@H]3OC[C@H]2O3)cc1. The lowest BCUT2D eigenvalue weighted by Gasteiger charge is -2.45. The first-order valence-electron chi connectivity index (χ1n) is 9.32. The second-order valence-corrected chi connectivity index (χ2v) is 7.21. The summed E-state index contributed by atoms with van der Waals surface area (Å²) in [6.07, 6.45) is 2.78. The van der Waals surface area contributed by atoms with Crippen LogP contribution in [0.5, 0.6) is 5.75 Å². The Bertz CT molecular complexity index is 561. The molecule has 0 aliphatic carbocycles. The van der Waals surface area contributed by atoms with Gasteiger partial charge in [-0.1, -0.05) is 18.6 Å². The number of nitrogens with one attached hydrogen (secondary N) is 1. The summed E-state index contributed by atoms with van der Waals surface area (Å²) in [5.41, 5.74) is 1.16. The molecule has 0 radical (unpaired) electrons. The van der Waals surface area contributed by atoms with Gasteiger partial charge in [0.2, 0.25) is 0 Å². The summed E-state index contributed by atoms with van der Waals surface area (Å²) in [4.78, 5) is 2.35. The second kappa shape index (κ2) is 7.60. The Labute approximate surface area is 149 Å². The van der Waals surface area contributed by atoms with Crippen molar-refractivity contribution in [1.82, 2.24) is 10.2 Å². The molecule has 5 atom stereocenters. The molecule has 3 heterocycles. The molecule has 2 N–H and O–H groups in total. The summed E-state index contributed by atoms with van der Waals surface area (Å²) in [5, 5.41) is 14.5. The highest BCUT2D eigenvalue weighted by Crippen LogP contribution is 2.32. The van der Waals surface area contributed by atoms with Crippen molar-refractivity contribution in [3.05, 3.63) is 29.8 Å². The Hall–Kier alpha value is -1.18. The van der Waals surface area contributed by atoms with Gasteiger partial charge in [-0.25, -0.2) is 0 Å². The van der Waals surface area contributed by atoms with Crippen LogP contribution in [0.4, 0.5) is 0 Å². The summed E-state index contributed by atoms with van der Waals surface area (Å²) >= 11 is 0. The zero-order valence-corrected chi connectivity index (χ0v) is 14.8. The highest BCUT2D eigenvalue weighted by molar-refractivity contribution is 5.27. The second-order valence-electron chi connectivity index (χ2n) is 7.21. The van der Waals surface area contributed by atoms with E-state index >= 15 is 0 Å². The minimum Gasteiger partial charge on any atom is -0.497 e. The molecule has 3 saturated heterocycles. The number of methoxy groups -OCH3 is 1. The van der Waals surface area contributed by atoms with Crippen LogP contribution in [0.3, 0.4) is 0 Å². The fourth-order valence-corrected chi connectivity index (χ4v) is 4.24. The van der Waals surface area contributed by atoms with Crippen molar-refractivity contribution >= 4 is 0 Å². The van der Waals surface area contributed by atoms with Crippen LogP contribution in [0.2, 0.25) is 0 Å². The van der Waals surface area contributed by atoms with Gasteiger partial charge < -0.3 is 24.6 Å². The van der Waals surface area contributed by atoms with Gasteiger partial charge in [0.1, 0.15) is 11.9 Å². The molecule has 6 nitrogen and oxygen atoms in total. The Morgan fingerprint density at radius 3 is 2.68 bits per heavy atom. The van der Waals surface area contributed by atoms with E-state index in [-0.39, 0.29) is 24.5 Å².